The van der Waals surface area contributed by atoms with Gasteiger partial charge in [0.05, 0.1) is 12.1 Å². The van der Waals surface area contributed by atoms with E-state index in [9.17, 15) is 14.8 Å². The SMILES string of the molecule is O=C(Cc1ccccc1N1CCCC1=O)NCCC/C(=N/O)c1ccccc1. The molecule has 2 N–H and O–H groups in total. The molecule has 0 radical (unpaired) electrons. The molecule has 146 valence electrons. The molecule has 6 nitrogen and oxygen atoms in total. The van der Waals surface area contributed by atoms with E-state index in [-0.39, 0.29) is 18.2 Å². The molecule has 0 spiro atoms. The zero-order chi connectivity index (χ0) is 19.8. The molecule has 1 heterocycles. The van der Waals surface area contributed by atoms with Gasteiger partial charge in [0.2, 0.25) is 11.8 Å². The fraction of sp³-hybridized carbons (Fsp3) is 0.318. The molecule has 2 amide bonds. The van der Waals surface area contributed by atoms with Crippen molar-refractivity contribution in [2.45, 2.75) is 32.1 Å². The summed E-state index contributed by atoms with van der Waals surface area (Å²) in [5.41, 5.74) is 3.17. The second-order valence-corrected chi connectivity index (χ2v) is 6.82. The highest BCUT2D eigenvalue weighted by Crippen LogP contribution is 2.25. The van der Waals surface area contributed by atoms with Crippen molar-refractivity contribution in [3.63, 3.8) is 0 Å². The monoisotopic (exact) mass is 379 g/mol. The maximum absolute atomic E-state index is 12.4. The first-order valence-electron chi connectivity index (χ1n) is 9.60. The van der Waals surface area contributed by atoms with Crippen LogP contribution in [0.15, 0.2) is 59.8 Å². The minimum atomic E-state index is -0.0821. The average molecular weight is 379 g/mol. The van der Waals surface area contributed by atoms with Crippen molar-refractivity contribution in [2.24, 2.45) is 5.16 Å². The van der Waals surface area contributed by atoms with Crippen LogP contribution in [-0.4, -0.2) is 35.8 Å². The normalized spacial score (nSPS) is 14.4. The van der Waals surface area contributed by atoms with E-state index in [0.29, 0.717) is 38.1 Å². The van der Waals surface area contributed by atoms with Gasteiger partial charge >= 0.3 is 0 Å². The molecule has 3 rings (SSSR count). The van der Waals surface area contributed by atoms with Gasteiger partial charge in [-0.3, -0.25) is 9.59 Å². The van der Waals surface area contributed by atoms with Crippen molar-refractivity contribution in [3.8, 4) is 0 Å². The third kappa shape index (κ3) is 4.97. The van der Waals surface area contributed by atoms with Crippen LogP contribution < -0.4 is 10.2 Å². The number of para-hydroxylation sites is 1. The van der Waals surface area contributed by atoms with Crippen LogP contribution in [0.25, 0.3) is 0 Å². The summed E-state index contributed by atoms with van der Waals surface area (Å²) in [7, 11) is 0. The number of hydrogen-bond acceptors (Lipinski definition) is 4. The Hall–Kier alpha value is -3.15. The van der Waals surface area contributed by atoms with Gasteiger partial charge in [0.25, 0.3) is 0 Å². The number of nitrogens with zero attached hydrogens (tertiary/aromatic N) is 2. The summed E-state index contributed by atoms with van der Waals surface area (Å²) in [6.07, 6.45) is 2.90. The second-order valence-electron chi connectivity index (χ2n) is 6.82. The van der Waals surface area contributed by atoms with E-state index in [0.717, 1.165) is 23.2 Å². The first kappa shape index (κ1) is 19.6. The highest BCUT2D eigenvalue weighted by atomic mass is 16.4. The van der Waals surface area contributed by atoms with Gasteiger partial charge in [0.15, 0.2) is 0 Å². The van der Waals surface area contributed by atoms with Crippen LogP contribution in [0.5, 0.6) is 0 Å². The lowest BCUT2D eigenvalue weighted by molar-refractivity contribution is -0.120. The predicted molar refractivity (Wildman–Crippen MR) is 109 cm³/mol. The van der Waals surface area contributed by atoms with Crippen molar-refractivity contribution in [3.05, 3.63) is 65.7 Å². The average Bonchev–Trinajstić information content (AvgIpc) is 3.15. The number of anilines is 1. The number of oxime groups is 1. The Morgan fingerprint density at radius 2 is 1.86 bits per heavy atom. The van der Waals surface area contributed by atoms with Crippen LogP contribution in [0, 0.1) is 0 Å². The molecule has 0 aliphatic carbocycles. The lowest BCUT2D eigenvalue weighted by Gasteiger charge is -2.19. The maximum Gasteiger partial charge on any atom is 0.227 e. The van der Waals surface area contributed by atoms with Gasteiger partial charge in [-0.1, -0.05) is 53.7 Å². The van der Waals surface area contributed by atoms with Crippen molar-refractivity contribution < 1.29 is 14.8 Å². The van der Waals surface area contributed by atoms with E-state index in [1.54, 1.807) is 4.90 Å². The van der Waals surface area contributed by atoms with E-state index < -0.39 is 0 Å². The molecule has 6 heteroatoms. The zero-order valence-corrected chi connectivity index (χ0v) is 15.8. The Kier molecular flexibility index (Phi) is 6.78. The summed E-state index contributed by atoms with van der Waals surface area (Å²) in [6, 6.07) is 17.1. The summed E-state index contributed by atoms with van der Waals surface area (Å²) < 4.78 is 0. The quantitative estimate of drug-likeness (QED) is 0.320. The van der Waals surface area contributed by atoms with E-state index in [4.69, 9.17) is 0 Å². The summed E-state index contributed by atoms with van der Waals surface area (Å²) in [6.45, 7) is 1.20. The van der Waals surface area contributed by atoms with E-state index in [1.807, 2.05) is 54.6 Å². The van der Waals surface area contributed by atoms with Gasteiger partial charge in [0, 0.05) is 25.2 Å². The Morgan fingerprint density at radius 3 is 2.57 bits per heavy atom. The third-order valence-electron chi connectivity index (χ3n) is 4.85. The Labute approximate surface area is 164 Å². The van der Waals surface area contributed by atoms with Gasteiger partial charge < -0.3 is 15.4 Å². The smallest absolute Gasteiger partial charge is 0.227 e. The van der Waals surface area contributed by atoms with E-state index in [2.05, 4.69) is 10.5 Å². The summed E-state index contributed by atoms with van der Waals surface area (Å²) in [5.74, 6) is 0.0332. The minimum absolute atomic E-state index is 0.0821. The van der Waals surface area contributed by atoms with Crippen molar-refractivity contribution in [2.75, 3.05) is 18.0 Å². The van der Waals surface area contributed by atoms with Gasteiger partial charge in [0.1, 0.15) is 0 Å². The molecule has 0 unspecified atom stereocenters. The van der Waals surface area contributed by atoms with Crippen LogP contribution >= 0.6 is 0 Å². The molecule has 1 aliphatic rings. The predicted octanol–water partition coefficient (Wildman–Crippen LogP) is 3.13. The molecule has 0 saturated carbocycles. The van der Waals surface area contributed by atoms with Gasteiger partial charge in [-0.05, 0) is 36.5 Å². The molecule has 2 aromatic rings. The number of benzene rings is 2. The van der Waals surface area contributed by atoms with Gasteiger partial charge in [-0.25, -0.2) is 0 Å². The standard InChI is InChI=1S/C22H25N3O3/c26-21(23-14-6-11-19(24-28)17-8-2-1-3-9-17)16-18-10-4-5-12-20(18)25-15-7-13-22(25)27/h1-5,8-10,12,28H,6-7,11,13-16H2,(H,23,26)/b24-19-. The van der Waals surface area contributed by atoms with Crippen LogP contribution in [0.1, 0.15) is 36.8 Å². The molecule has 0 atom stereocenters. The summed E-state index contributed by atoms with van der Waals surface area (Å²) in [5, 5.41) is 15.5. The Balaban J connectivity index is 1.49. The summed E-state index contributed by atoms with van der Waals surface area (Å²) >= 11 is 0. The Morgan fingerprint density at radius 1 is 1.11 bits per heavy atom. The number of hydrogen-bond donors (Lipinski definition) is 2. The lowest BCUT2D eigenvalue weighted by atomic mass is 10.1. The molecule has 1 saturated heterocycles. The van der Waals surface area contributed by atoms with Gasteiger partial charge in [-0.15, -0.1) is 0 Å². The third-order valence-corrected chi connectivity index (χ3v) is 4.85. The highest BCUT2D eigenvalue weighted by molar-refractivity contribution is 6.00. The van der Waals surface area contributed by atoms with Crippen LogP contribution in [0.3, 0.4) is 0 Å². The summed E-state index contributed by atoms with van der Waals surface area (Å²) in [4.78, 5) is 26.1. The fourth-order valence-corrected chi connectivity index (χ4v) is 3.43. The molecule has 0 aromatic heterocycles. The van der Waals surface area contributed by atoms with E-state index in [1.165, 1.54) is 0 Å². The second kappa shape index (κ2) is 9.69. The van der Waals surface area contributed by atoms with Gasteiger partial charge in [-0.2, -0.15) is 0 Å². The van der Waals surface area contributed by atoms with Crippen molar-refractivity contribution >= 4 is 23.2 Å². The number of carbonyl (C=O) groups excluding carboxylic acids is 2. The molecule has 0 bridgehead atoms. The number of nitrogens with one attached hydrogen (secondary N) is 1. The molecular formula is C22H25N3O3. The van der Waals surface area contributed by atoms with E-state index >= 15 is 0 Å². The molecule has 2 aromatic carbocycles. The maximum atomic E-state index is 12.4. The molecule has 28 heavy (non-hydrogen) atoms. The molecular weight excluding hydrogens is 354 g/mol. The minimum Gasteiger partial charge on any atom is -0.411 e. The Bertz CT molecular complexity index is 849. The zero-order valence-electron chi connectivity index (χ0n) is 15.8. The number of rotatable bonds is 8. The van der Waals surface area contributed by atoms with Crippen LogP contribution in [0.2, 0.25) is 0 Å². The molecule has 1 aliphatic heterocycles. The van der Waals surface area contributed by atoms with Crippen molar-refractivity contribution in [1.82, 2.24) is 5.32 Å². The molecule has 1 fully saturated rings. The number of carbonyl (C=O) groups is 2. The largest absolute Gasteiger partial charge is 0.411 e. The van der Waals surface area contributed by atoms with Crippen LogP contribution in [-0.2, 0) is 16.0 Å². The van der Waals surface area contributed by atoms with Crippen LogP contribution in [0.4, 0.5) is 5.69 Å². The lowest BCUT2D eigenvalue weighted by Crippen LogP contribution is -2.29. The first-order chi connectivity index (χ1) is 13.7. The highest BCUT2D eigenvalue weighted by Gasteiger charge is 2.24. The number of amides is 2. The first-order valence-corrected chi connectivity index (χ1v) is 9.60. The van der Waals surface area contributed by atoms with Crippen molar-refractivity contribution in [1.29, 1.82) is 0 Å². The topological polar surface area (TPSA) is 82.0 Å². The fourth-order valence-electron chi connectivity index (χ4n) is 3.43.